The predicted molar refractivity (Wildman–Crippen MR) is 137 cm³/mol. The van der Waals surface area contributed by atoms with Crippen molar-refractivity contribution in [3.8, 4) is 5.75 Å². The van der Waals surface area contributed by atoms with Crippen LogP contribution in [0.4, 0.5) is 5.69 Å². The molecule has 0 aromatic heterocycles. The average Bonchev–Trinajstić information content (AvgIpc) is 2.81. The molecule has 10 heteroatoms. The zero-order valence-electron chi connectivity index (χ0n) is 21.9. The van der Waals surface area contributed by atoms with Crippen LogP contribution in [0.1, 0.15) is 37.3 Å². The molecular formula is C27H35N3O7. The normalized spacial score (nSPS) is 27.2. The fourth-order valence-electron chi connectivity index (χ4n) is 6.08. The zero-order valence-corrected chi connectivity index (χ0v) is 21.9. The van der Waals surface area contributed by atoms with Crippen molar-refractivity contribution < 1.29 is 34.4 Å². The summed E-state index contributed by atoms with van der Waals surface area (Å²) in [4.78, 5) is 42.7. The van der Waals surface area contributed by atoms with Gasteiger partial charge in [0.05, 0.1) is 18.2 Å². The molecule has 1 aromatic carbocycles. The highest BCUT2D eigenvalue weighted by molar-refractivity contribution is 6.24. The number of hydrogen-bond donors (Lipinski definition) is 4. The van der Waals surface area contributed by atoms with Crippen LogP contribution in [0.25, 0.3) is 5.76 Å². The molecule has 3 aliphatic carbocycles. The Labute approximate surface area is 216 Å². The fourth-order valence-corrected chi connectivity index (χ4v) is 6.08. The van der Waals surface area contributed by atoms with Gasteiger partial charge in [0.1, 0.15) is 22.8 Å². The lowest BCUT2D eigenvalue weighted by atomic mass is 9.57. The molecule has 0 heterocycles. The summed E-state index contributed by atoms with van der Waals surface area (Å²) in [5, 5.41) is 34.2. The molecule has 37 heavy (non-hydrogen) atoms. The number of ether oxygens (including phenoxy) is 1. The van der Waals surface area contributed by atoms with E-state index in [0.29, 0.717) is 24.3 Å². The second-order valence-corrected chi connectivity index (χ2v) is 10.5. The van der Waals surface area contributed by atoms with E-state index in [1.165, 1.54) is 4.90 Å². The summed E-state index contributed by atoms with van der Waals surface area (Å²) in [6.45, 7) is 2.46. The minimum absolute atomic E-state index is 0.0512. The maximum absolute atomic E-state index is 14.0. The first kappa shape index (κ1) is 26.7. The van der Waals surface area contributed by atoms with Crippen LogP contribution in [0, 0.1) is 11.8 Å². The SMILES string of the molecule is CCCCOc1ccc(N(C)C)c2c1C(O)=C1C(=O)[C@]3(O)C(O)=C(C(N)=O)C(=O)[C@@H](N(C)C)[C@@H]3C[C@@H]1C2. The average molecular weight is 514 g/mol. The van der Waals surface area contributed by atoms with Gasteiger partial charge < -0.3 is 30.7 Å². The molecule has 4 rings (SSSR count). The number of amides is 1. The van der Waals surface area contributed by atoms with Crippen molar-refractivity contribution in [2.24, 2.45) is 17.6 Å². The molecule has 200 valence electrons. The maximum Gasteiger partial charge on any atom is 0.255 e. The van der Waals surface area contributed by atoms with Gasteiger partial charge in [0.2, 0.25) is 5.78 Å². The lowest BCUT2D eigenvalue weighted by molar-refractivity contribution is -0.153. The number of carbonyl (C=O) groups excluding carboxylic acids is 3. The molecule has 0 spiro atoms. The molecule has 1 aromatic rings. The Kier molecular flexibility index (Phi) is 6.85. The summed E-state index contributed by atoms with van der Waals surface area (Å²) < 4.78 is 5.97. The van der Waals surface area contributed by atoms with Gasteiger partial charge in [-0.05, 0) is 57.0 Å². The number of ketones is 2. The summed E-state index contributed by atoms with van der Waals surface area (Å²) in [5.74, 6) is -5.47. The number of likely N-dealkylation sites (N-methyl/N-ethyl adjacent to an activating group) is 1. The Morgan fingerprint density at radius 2 is 1.86 bits per heavy atom. The van der Waals surface area contributed by atoms with E-state index in [-0.39, 0.29) is 17.8 Å². The fraction of sp³-hybridized carbons (Fsp3) is 0.519. The predicted octanol–water partition coefficient (Wildman–Crippen LogP) is 1.50. The van der Waals surface area contributed by atoms with Crippen LogP contribution >= 0.6 is 0 Å². The molecule has 1 amide bonds. The first-order valence-electron chi connectivity index (χ1n) is 12.5. The molecular weight excluding hydrogens is 478 g/mol. The van der Waals surface area contributed by atoms with Gasteiger partial charge in [0.25, 0.3) is 5.91 Å². The van der Waals surface area contributed by atoms with E-state index in [0.717, 1.165) is 24.1 Å². The monoisotopic (exact) mass is 513 g/mol. The molecule has 10 nitrogen and oxygen atoms in total. The Balaban J connectivity index is 1.95. The number of hydrogen-bond acceptors (Lipinski definition) is 9. The van der Waals surface area contributed by atoms with Crippen LogP contribution in [0.15, 0.2) is 29.0 Å². The van der Waals surface area contributed by atoms with Crippen molar-refractivity contribution in [1.82, 2.24) is 4.90 Å². The third-order valence-corrected chi connectivity index (χ3v) is 7.80. The van der Waals surface area contributed by atoms with Crippen molar-refractivity contribution in [2.45, 2.75) is 44.2 Å². The van der Waals surface area contributed by atoms with E-state index < -0.39 is 52.3 Å². The van der Waals surface area contributed by atoms with Crippen LogP contribution in [-0.4, -0.2) is 84.1 Å². The lowest BCUT2D eigenvalue weighted by Crippen LogP contribution is -2.65. The summed E-state index contributed by atoms with van der Waals surface area (Å²) in [6, 6.07) is 2.57. The highest BCUT2D eigenvalue weighted by atomic mass is 16.5. The topological polar surface area (TPSA) is 154 Å². The van der Waals surface area contributed by atoms with E-state index in [1.54, 1.807) is 20.2 Å². The van der Waals surface area contributed by atoms with E-state index >= 15 is 0 Å². The van der Waals surface area contributed by atoms with Gasteiger partial charge in [-0.2, -0.15) is 0 Å². The van der Waals surface area contributed by atoms with Gasteiger partial charge in [0, 0.05) is 31.3 Å². The molecule has 3 aliphatic rings. The number of aliphatic hydroxyl groups is 3. The zero-order chi connectivity index (χ0) is 27.4. The lowest BCUT2D eigenvalue weighted by Gasteiger charge is -2.50. The number of benzene rings is 1. The second kappa shape index (κ2) is 9.50. The Hall–Kier alpha value is -3.37. The number of aliphatic hydroxyl groups excluding tert-OH is 2. The van der Waals surface area contributed by atoms with Crippen molar-refractivity contribution in [1.29, 1.82) is 0 Å². The first-order chi connectivity index (χ1) is 17.4. The number of Topliss-reactive ketones (excluding diaryl/α,β-unsaturated/α-hetero) is 2. The van der Waals surface area contributed by atoms with Crippen molar-refractivity contribution in [3.63, 3.8) is 0 Å². The van der Waals surface area contributed by atoms with Crippen LogP contribution in [0.2, 0.25) is 0 Å². The van der Waals surface area contributed by atoms with Crippen LogP contribution < -0.4 is 15.4 Å². The molecule has 0 aliphatic heterocycles. The number of primary amides is 1. The van der Waals surface area contributed by atoms with E-state index in [1.807, 2.05) is 32.0 Å². The molecule has 4 atom stereocenters. The quantitative estimate of drug-likeness (QED) is 0.314. The number of carbonyl (C=O) groups is 3. The second-order valence-electron chi connectivity index (χ2n) is 10.5. The third kappa shape index (κ3) is 3.90. The number of rotatable bonds is 7. The highest BCUT2D eigenvalue weighted by Gasteiger charge is 2.64. The van der Waals surface area contributed by atoms with Gasteiger partial charge in [-0.3, -0.25) is 19.3 Å². The molecule has 1 saturated carbocycles. The first-order valence-corrected chi connectivity index (χ1v) is 12.5. The Morgan fingerprint density at radius 3 is 2.43 bits per heavy atom. The number of unbranched alkanes of at least 4 members (excludes halogenated alkanes) is 1. The van der Waals surface area contributed by atoms with Gasteiger partial charge in [-0.1, -0.05) is 13.3 Å². The van der Waals surface area contributed by atoms with Gasteiger partial charge in [-0.15, -0.1) is 0 Å². The molecule has 0 radical (unpaired) electrons. The van der Waals surface area contributed by atoms with Gasteiger partial charge in [0.15, 0.2) is 11.4 Å². The van der Waals surface area contributed by atoms with Crippen molar-refractivity contribution in [2.75, 3.05) is 39.7 Å². The van der Waals surface area contributed by atoms with E-state index in [9.17, 15) is 29.7 Å². The number of nitrogens with two attached hydrogens (primary N) is 1. The van der Waals surface area contributed by atoms with Gasteiger partial charge in [-0.25, -0.2) is 0 Å². The summed E-state index contributed by atoms with van der Waals surface area (Å²) in [7, 11) is 6.95. The van der Waals surface area contributed by atoms with E-state index in [4.69, 9.17) is 10.5 Å². The van der Waals surface area contributed by atoms with Crippen LogP contribution in [0.5, 0.6) is 5.75 Å². The number of nitrogens with zero attached hydrogens (tertiary/aromatic N) is 2. The van der Waals surface area contributed by atoms with Crippen molar-refractivity contribution >= 4 is 28.9 Å². The van der Waals surface area contributed by atoms with Crippen LogP contribution in [-0.2, 0) is 20.8 Å². The van der Waals surface area contributed by atoms with Crippen molar-refractivity contribution in [3.05, 3.63) is 40.2 Å². The van der Waals surface area contributed by atoms with Gasteiger partial charge >= 0.3 is 0 Å². The standard InChI is InChI=1S/C27H35N3O7/c1-6-7-10-37-17-9-8-16(29(2)3)14-11-13-12-15-21(30(4)5)23(32)20(26(28)35)25(34)27(15,36)24(33)18(13)22(31)19(14)17/h8-9,13,15,21,31,34,36H,6-7,10-12H2,1-5H3,(H2,28,35)/t13-,15-,21-,27-/m0/s1. The van der Waals surface area contributed by atoms with Crippen LogP contribution in [0.3, 0.4) is 0 Å². The molecule has 0 saturated heterocycles. The number of anilines is 1. The van der Waals surface area contributed by atoms with E-state index in [2.05, 4.69) is 0 Å². The smallest absolute Gasteiger partial charge is 0.255 e. The molecule has 0 unspecified atom stereocenters. The summed E-state index contributed by atoms with van der Waals surface area (Å²) in [5.41, 5.74) is 3.96. The minimum atomic E-state index is -2.59. The largest absolute Gasteiger partial charge is 0.508 e. The summed E-state index contributed by atoms with van der Waals surface area (Å²) >= 11 is 0. The molecule has 5 N–H and O–H groups in total. The maximum atomic E-state index is 14.0. The Morgan fingerprint density at radius 1 is 1.19 bits per heavy atom. The third-order valence-electron chi connectivity index (χ3n) is 7.80. The molecule has 1 fully saturated rings. The summed E-state index contributed by atoms with van der Waals surface area (Å²) in [6.07, 6.45) is 2.19. The molecule has 0 bridgehead atoms. The minimum Gasteiger partial charge on any atom is -0.508 e. The highest BCUT2D eigenvalue weighted by Crippen LogP contribution is 2.53. The number of fused-ring (bicyclic) bond motifs is 3. The Bertz CT molecular complexity index is 1230.